The monoisotopic (exact) mass is 397 g/mol. The summed E-state index contributed by atoms with van der Waals surface area (Å²) >= 11 is 3.37. The van der Waals surface area contributed by atoms with Gasteiger partial charge < -0.3 is 10.6 Å². The maximum absolute atomic E-state index is 12.4. The van der Waals surface area contributed by atoms with Crippen LogP contribution >= 0.6 is 15.9 Å². The van der Waals surface area contributed by atoms with Gasteiger partial charge in [-0.1, -0.05) is 15.9 Å². The number of hydrogen-bond donors (Lipinski definition) is 2. The third-order valence-corrected chi connectivity index (χ3v) is 3.92. The lowest BCUT2D eigenvalue weighted by molar-refractivity contribution is 0.102. The van der Waals surface area contributed by atoms with Crippen molar-refractivity contribution in [2.24, 2.45) is 0 Å². The van der Waals surface area contributed by atoms with Crippen LogP contribution in [0.3, 0.4) is 0 Å². The van der Waals surface area contributed by atoms with Crippen LogP contribution in [-0.4, -0.2) is 20.9 Å². The number of anilines is 2. The van der Waals surface area contributed by atoms with Crippen molar-refractivity contribution in [2.75, 3.05) is 10.6 Å². The van der Waals surface area contributed by atoms with Gasteiger partial charge in [0.15, 0.2) is 0 Å². The fourth-order valence-electron chi connectivity index (χ4n) is 2.20. The van der Waals surface area contributed by atoms with Crippen molar-refractivity contribution in [3.05, 3.63) is 76.4 Å². The fraction of sp³-hybridized carbons (Fsp3) is 0.111. The molecule has 0 saturated heterocycles. The van der Waals surface area contributed by atoms with Crippen LogP contribution in [0, 0.1) is 6.92 Å². The molecule has 2 aromatic heterocycles. The highest BCUT2D eigenvalue weighted by molar-refractivity contribution is 9.10. The Morgan fingerprint density at radius 3 is 2.52 bits per heavy atom. The highest BCUT2D eigenvalue weighted by Crippen LogP contribution is 2.16. The first-order valence-corrected chi connectivity index (χ1v) is 8.45. The van der Waals surface area contributed by atoms with Crippen LogP contribution in [0.15, 0.2) is 59.3 Å². The number of amides is 1. The van der Waals surface area contributed by atoms with Crippen molar-refractivity contribution in [3.63, 3.8) is 0 Å². The highest BCUT2D eigenvalue weighted by atomic mass is 79.9. The molecular weight excluding hydrogens is 382 g/mol. The van der Waals surface area contributed by atoms with E-state index in [1.54, 1.807) is 25.4 Å². The molecule has 0 spiro atoms. The van der Waals surface area contributed by atoms with E-state index >= 15 is 0 Å². The summed E-state index contributed by atoms with van der Waals surface area (Å²) in [7, 11) is 0. The Morgan fingerprint density at radius 1 is 1.08 bits per heavy atom. The zero-order chi connectivity index (χ0) is 17.6. The van der Waals surface area contributed by atoms with Gasteiger partial charge in [0.25, 0.3) is 5.91 Å². The third-order valence-electron chi connectivity index (χ3n) is 3.40. The van der Waals surface area contributed by atoms with Gasteiger partial charge in [-0.2, -0.15) is 0 Å². The summed E-state index contributed by atoms with van der Waals surface area (Å²) in [6.45, 7) is 2.35. The van der Waals surface area contributed by atoms with Crippen LogP contribution in [0.1, 0.15) is 21.9 Å². The smallest absolute Gasteiger partial charge is 0.274 e. The number of benzene rings is 1. The Labute approximate surface area is 153 Å². The van der Waals surface area contributed by atoms with E-state index in [-0.39, 0.29) is 5.91 Å². The first-order valence-electron chi connectivity index (χ1n) is 7.65. The molecule has 2 heterocycles. The van der Waals surface area contributed by atoms with Crippen LogP contribution in [0.2, 0.25) is 0 Å². The number of aromatic nitrogens is 3. The second-order valence-corrected chi connectivity index (χ2v) is 6.27. The van der Waals surface area contributed by atoms with Crippen LogP contribution in [0.25, 0.3) is 0 Å². The lowest BCUT2D eigenvalue weighted by Gasteiger charge is -2.09. The maximum atomic E-state index is 12.4. The minimum Gasteiger partial charge on any atom is -0.366 e. The summed E-state index contributed by atoms with van der Waals surface area (Å²) in [6, 6.07) is 12.8. The standard InChI is InChI=1S/C18H16BrN5O/c1-12-22-16(18(25)24-15-4-2-14(19)3-5-15)10-17(23-12)21-11-13-6-8-20-9-7-13/h2-10H,11H2,1H3,(H,24,25)(H,21,22,23). The summed E-state index contributed by atoms with van der Waals surface area (Å²) in [5, 5.41) is 6.03. The van der Waals surface area contributed by atoms with E-state index in [0.717, 1.165) is 10.0 Å². The van der Waals surface area contributed by atoms with Gasteiger partial charge in [0, 0.05) is 35.2 Å². The van der Waals surface area contributed by atoms with Gasteiger partial charge in [0.2, 0.25) is 0 Å². The van der Waals surface area contributed by atoms with Crippen molar-refractivity contribution >= 4 is 33.3 Å². The summed E-state index contributed by atoms with van der Waals surface area (Å²) in [4.78, 5) is 25.0. The average Bonchev–Trinajstić information content (AvgIpc) is 2.62. The van der Waals surface area contributed by atoms with Gasteiger partial charge >= 0.3 is 0 Å². The van der Waals surface area contributed by atoms with E-state index in [9.17, 15) is 4.79 Å². The summed E-state index contributed by atoms with van der Waals surface area (Å²) in [5.41, 5.74) is 2.09. The molecular formula is C18H16BrN5O. The lowest BCUT2D eigenvalue weighted by Crippen LogP contribution is -2.15. The molecule has 0 fully saturated rings. The van der Waals surface area contributed by atoms with E-state index in [1.165, 1.54) is 0 Å². The topological polar surface area (TPSA) is 79.8 Å². The Kier molecular flexibility index (Phi) is 5.35. The van der Waals surface area contributed by atoms with Crippen molar-refractivity contribution in [3.8, 4) is 0 Å². The molecule has 3 rings (SSSR count). The summed E-state index contributed by atoms with van der Waals surface area (Å²) in [5.74, 6) is 0.853. The Balaban J connectivity index is 1.72. The zero-order valence-electron chi connectivity index (χ0n) is 13.5. The van der Waals surface area contributed by atoms with Gasteiger partial charge in [-0.15, -0.1) is 0 Å². The number of aryl methyl sites for hydroxylation is 1. The van der Waals surface area contributed by atoms with E-state index in [4.69, 9.17) is 0 Å². The minimum atomic E-state index is -0.278. The number of pyridine rings is 1. The first kappa shape index (κ1) is 17.0. The molecule has 126 valence electrons. The number of hydrogen-bond acceptors (Lipinski definition) is 5. The highest BCUT2D eigenvalue weighted by Gasteiger charge is 2.11. The van der Waals surface area contributed by atoms with E-state index < -0.39 is 0 Å². The average molecular weight is 398 g/mol. The van der Waals surface area contributed by atoms with Gasteiger partial charge in [0.1, 0.15) is 17.3 Å². The first-order chi connectivity index (χ1) is 12.1. The summed E-state index contributed by atoms with van der Waals surface area (Å²) < 4.78 is 0.950. The predicted octanol–water partition coefficient (Wildman–Crippen LogP) is 3.81. The molecule has 0 radical (unpaired) electrons. The van der Waals surface area contributed by atoms with E-state index in [1.807, 2.05) is 36.4 Å². The molecule has 0 saturated carbocycles. The Hall–Kier alpha value is -2.80. The van der Waals surface area contributed by atoms with Crippen LogP contribution < -0.4 is 10.6 Å². The maximum Gasteiger partial charge on any atom is 0.274 e. The largest absolute Gasteiger partial charge is 0.366 e. The van der Waals surface area contributed by atoms with Gasteiger partial charge in [-0.3, -0.25) is 9.78 Å². The molecule has 6 nitrogen and oxygen atoms in total. The number of carbonyl (C=O) groups is 1. The molecule has 1 amide bonds. The van der Waals surface area contributed by atoms with Gasteiger partial charge in [-0.05, 0) is 48.9 Å². The molecule has 0 aliphatic heterocycles. The molecule has 0 bridgehead atoms. The number of carbonyl (C=O) groups excluding carboxylic acids is 1. The van der Waals surface area contributed by atoms with Gasteiger partial charge in [0.05, 0.1) is 0 Å². The zero-order valence-corrected chi connectivity index (χ0v) is 15.1. The SMILES string of the molecule is Cc1nc(NCc2ccncc2)cc(C(=O)Nc2ccc(Br)cc2)n1. The van der Waals surface area contributed by atoms with Crippen LogP contribution in [0.4, 0.5) is 11.5 Å². The van der Waals surface area contributed by atoms with Crippen LogP contribution in [-0.2, 0) is 6.54 Å². The van der Waals surface area contributed by atoms with Crippen molar-refractivity contribution in [1.82, 2.24) is 15.0 Å². The number of nitrogens with zero attached hydrogens (tertiary/aromatic N) is 3. The van der Waals surface area contributed by atoms with Crippen molar-refractivity contribution < 1.29 is 4.79 Å². The summed E-state index contributed by atoms with van der Waals surface area (Å²) in [6.07, 6.45) is 3.47. The molecule has 25 heavy (non-hydrogen) atoms. The molecule has 3 aromatic rings. The number of halogens is 1. The molecule has 1 aromatic carbocycles. The second kappa shape index (κ2) is 7.85. The molecule has 2 N–H and O–H groups in total. The molecule has 0 aliphatic rings. The number of nitrogens with one attached hydrogen (secondary N) is 2. The lowest BCUT2D eigenvalue weighted by atomic mass is 10.2. The molecule has 0 aliphatic carbocycles. The van der Waals surface area contributed by atoms with E-state index in [0.29, 0.717) is 29.6 Å². The Bertz CT molecular complexity index is 868. The normalized spacial score (nSPS) is 10.3. The quantitative estimate of drug-likeness (QED) is 0.684. The molecule has 0 unspecified atom stereocenters. The second-order valence-electron chi connectivity index (χ2n) is 5.36. The van der Waals surface area contributed by atoms with Crippen molar-refractivity contribution in [2.45, 2.75) is 13.5 Å². The van der Waals surface area contributed by atoms with Crippen molar-refractivity contribution in [1.29, 1.82) is 0 Å². The van der Waals surface area contributed by atoms with E-state index in [2.05, 4.69) is 41.5 Å². The van der Waals surface area contributed by atoms with Crippen LogP contribution in [0.5, 0.6) is 0 Å². The molecule has 7 heteroatoms. The molecule has 0 atom stereocenters. The fourth-order valence-corrected chi connectivity index (χ4v) is 2.46. The third kappa shape index (κ3) is 4.84. The van der Waals surface area contributed by atoms with Gasteiger partial charge in [-0.25, -0.2) is 9.97 Å². The minimum absolute atomic E-state index is 0.278. The predicted molar refractivity (Wildman–Crippen MR) is 100 cm³/mol. The number of rotatable bonds is 5. The Morgan fingerprint density at radius 2 is 1.80 bits per heavy atom.